The second-order valence-corrected chi connectivity index (χ2v) is 4.28. The maximum Gasteiger partial charge on any atom is 0.405 e. The van der Waals surface area contributed by atoms with Crippen LogP contribution in [0.1, 0.15) is 5.56 Å². The van der Waals surface area contributed by atoms with Gasteiger partial charge >= 0.3 is 6.09 Å². The molecule has 18 heavy (non-hydrogen) atoms. The smallest absolute Gasteiger partial charge is 0.405 e. The highest BCUT2D eigenvalue weighted by Gasteiger charge is 2.48. The summed E-state index contributed by atoms with van der Waals surface area (Å²) >= 11 is 0. The number of hydrogen-bond donors (Lipinski definition) is 3. The van der Waals surface area contributed by atoms with Crippen molar-refractivity contribution in [2.45, 2.75) is 5.54 Å². The summed E-state index contributed by atoms with van der Waals surface area (Å²) in [6.07, 6.45) is -1.28. The molecule has 0 bridgehead atoms. The zero-order valence-electron chi connectivity index (χ0n) is 9.60. The van der Waals surface area contributed by atoms with Crippen LogP contribution in [0.25, 0.3) is 0 Å². The Bertz CT molecular complexity index is 453. The Balaban J connectivity index is 2.48. The lowest BCUT2D eigenvalue weighted by atomic mass is 9.80. The average Bonchev–Trinajstić information content (AvgIpc) is 2.72. The standard InChI is InChI=1S/C12H14FNO4/c13-10-4-2-1-3-9(10)12(14-11(16)17)7-18-6-8(12)5-15/h1-4,8,14-15H,5-7H2,(H,16,17). The summed E-state index contributed by atoms with van der Waals surface area (Å²) < 4.78 is 19.1. The topological polar surface area (TPSA) is 78.8 Å². The van der Waals surface area contributed by atoms with Crippen LogP contribution in [0.2, 0.25) is 0 Å². The fourth-order valence-corrected chi connectivity index (χ4v) is 2.35. The number of halogens is 1. The van der Waals surface area contributed by atoms with Crippen LogP contribution >= 0.6 is 0 Å². The highest BCUT2D eigenvalue weighted by molar-refractivity contribution is 5.66. The molecule has 5 nitrogen and oxygen atoms in total. The van der Waals surface area contributed by atoms with Crippen molar-refractivity contribution in [1.29, 1.82) is 0 Å². The maximum absolute atomic E-state index is 13.9. The van der Waals surface area contributed by atoms with Gasteiger partial charge in [0, 0.05) is 11.5 Å². The molecular weight excluding hydrogens is 241 g/mol. The molecule has 1 fully saturated rings. The van der Waals surface area contributed by atoms with E-state index in [2.05, 4.69) is 5.32 Å². The first-order valence-corrected chi connectivity index (χ1v) is 5.55. The number of nitrogens with one attached hydrogen (secondary N) is 1. The van der Waals surface area contributed by atoms with Crippen LogP contribution in [0.15, 0.2) is 24.3 Å². The third kappa shape index (κ3) is 2.04. The molecule has 1 aliphatic heterocycles. The molecule has 2 atom stereocenters. The first-order chi connectivity index (χ1) is 8.60. The van der Waals surface area contributed by atoms with E-state index in [1.807, 2.05) is 0 Å². The van der Waals surface area contributed by atoms with Gasteiger partial charge in [-0.3, -0.25) is 0 Å². The molecule has 2 rings (SSSR count). The van der Waals surface area contributed by atoms with Crippen LogP contribution < -0.4 is 5.32 Å². The van der Waals surface area contributed by atoms with E-state index in [9.17, 15) is 14.3 Å². The van der Waals surface area contributed by atoms with Crippen LogP contribution in [0.3, 0.4) is 0 Å². The molecule has 0 radical (unpaired) electrons. The van der Waals surface area contributed by atoms with E-state index in [0.717, 1.165) is 0 Å². The average molecular weight is 255 g/mol. The summed E-state index contributed by atoms with van der Waals surface area (Å²) in [5, 5.41) is 20.6. The molecule has 1 aromatic carbocycles. The number of carbonyl (C=O) groups is 1. The zero-order chi connectivity index (χ0) is 13.2. The predicted octanol–water partition coefficient (Wildman–Crippen LogP) is 0.927. The quantitative estimate of drug-likeness (QED) is 0.750. The SMILES string of the molecule is O=C(O)NC1(c2ccccc2F)COCC1CO. The van der Waals surface area contributed by atoms with Crippen LogP contribution in [0.5, 0.6) is 0 Å². The van der Waals surface area contributed by atoms with Crippen molar-refractivity contribution in [3.8, 4) is 0 Å². The Labute approximate surface area is 103 Å². The largest absolute Gasteiger partial charge is 0.465 e. The van der Waals surface area contributed by atoms with Crippen molar-refractivity contribution >= 4 is 6.09 Å². The van der Waals surface area contributed by atoms with Gasteiger partial charge in [-0.15, -0.1) is 0 Å². The molecule has 3 N–H and O–H groups in total. The fraction of sp³-hybridized carbons (Fsp3) is 0.417. The molecule has 6 heteroatoms. The van der Waals surface area contributed by atoms with E-state index >= 15 is 0 Å². The second-order valence-electron chi connectivity index (χ2n) is 4.28. The normalized spacial score (nSPS) is 27.1. The first-order valence-electron chi connectivity index (χ1n) is 5.55. The lowest BCUT2D eigenvalue weighted by Crippen LogP contribution is -2.52. The summed E-state index contributed by atoms with van der Waals surface area (Å²) in [5.41, 5.74) is -1.03. The summed E-state index contributed by atoms with van der Waals surface area (Å²) in [7, 11) is 0. The van der Waals surface area contributed by atoms with E-state index < -0.39 is 23.4 Å². The lowest BCUT2D eigenvalue weighted by molar-refractivity contribution is 0.137. The number of amides is 1. The maximum atomic E-state index is 13.9. The predicted molar refractivity (Wildman–Crippen MR) is 60.6 cm³/mol. The fourth-order valence-electron chi connectivity index (χ4n) is 2.35. The van der Waals surface area contributed by atoms with Gasteiger partial charge in [-0.2, -0.15) is 0 Å². The van der Waals surface area contributed by atoms with Gasteiger partial charge in [0.25, 0.3) is 0 Å². The van der Waals surface area contributed by atoms with Gasteiger partial charge in [-0.05, 0) is 6.07 Å². The molecule has 1 aromatic rings. The van der Waals surface area contributed by atoms with Crippen LogP contribution in [-0.4, -0.2) is 36.1 Å². The van der Waals surface area contributed by atoms with E-state index in [0.29, 0.717) is 0 Å². The molecule has 98 valence electrons. The van der Waals surface area contributed by atoms with Crippen molar-refractivity contribution in [3.05, 3.63) is 35.6 Å². The molecule has 0 saturated carbocycles. The molecular formula is C12H14FNO4. The Morgan fingerprint density at radius 2 is 2.28 bits per heavy atom. The Morgan fingerprint density at radius 1 is 1.56 bits per heavy atom. The minimum atomic E-state index is -1.28. The van der Waals surface area contributed by atoms with Crippen LogP contribution in [0, 0.1) is 11.7 Å². The summed E-state index contributed by atoms with van der Waals surface area (Å²) in [5.74, 6) is -1.03. The highest BCUT2D eigenvalue weighted by Crippen LogP contribution is 2.36. The number of ether oxygens (including phenoxy) is 1. The second kappa shape index (κ2) is 4.91. The number of carboxylic acid groups (broad SMARTS) is 1. The Hall–Kier alpha value is -1.66. The van der Waals surface area contributed by atoms with Crippen LogP contribution in [0.4, 0.5) is 9.18 Å². The van der Waals surface area contributed by atoms with Crippen molar-refractivity contribution in [3.63, 3.8) is 0 Å². The molecule has 0 spiro atoms. The van der Waals surface area contributed by atoms with Gasteiger partial charge in [-0.1, -0.05) is 18.2 Å². The van der Waals surface area contributed by atoms with Crippen molar-refractivity contribution in [2.24, 2.45) is 5.92 Å². The molecule has 1 amide bonds. The number of aliphatic hydroxyl groups excluding tert-OH is 1. The molecule has 0 aliphatic carbocycles. The van der Waals surface area contributed by atoms with Gasteiger partial charge in [0.1, 0.15) is 11.4 Å². The monoisotopic (exact) mass is 255 g/mol. The summed E-state index contributed by atoms with van der Waals surface area (Å²) in [4.78, 5) is 10.9. The Morgan fingerprint density at radius 3 is 2.89 bits per heavy atom. The number of rotatable bonds is 3. The van der Waals surface area contributed by atoms with Gasteiger partial charge in [0.05, 0.1) is 19.8 Å². The molecule has 0 aromatic heterocycles. The number of benzene rings is 1. The molecule has 1 heterocycles. The summed E-state index contributed by atoms with van der Waals surface area (Å²) in [6.45, 7) is -0.0921. The van der Waals surface area contributed by atoms with Crippen LogP contribution in [-0.2, 0) is 10.3 Å². The lowest BCUT2D eigenvalue weighted by Gasteiger charge is -2.33. The minimum absolute atomic E-state index is 0.00542. The van der Waals surface area contributed by atoms with E-state index in [1.165, 1.54) is 18.2 Å². The minimum Gasteiger partial charge on any atom is -0.465 e. The third-order valence-corrected chi connectivity index (χ3v) is 3.25. The van der Waals surface area contributed by atoms with Crippen molar-refractivity contribution in [2.75, 3.05) is 19.8 Å². The van der Waals surface area contributed by atoms with Gasteiger partial charge < -0.3 is 20.3 Å². The third-order valence-electron chi connectivity index (χ3n) is 3.25. The molecule has 2 unspecified atom stereocenters. The molecule has 1 aliphatic rings. The van der Waals surface area contributed by atoms with E-state index in [1.54, 1.807) is 6.07 Å². The van der Waals surface area contributed by atoms with E-state index in [-0.39, 0.29) is 25.4 Å². The zero-order valence-corrected chi connectivity index (χ0v) is 9.60. The Kier molecular flexibility index (Phi) is 3.49. The van der Waals surface area contributed by atoms with Crippen molar-refractivity contribution < 1.29 is 24.1 Å². The number of hydrogen-bond acceptors (Lipinski definition) is 3. The summed E-state index contributed by atoms with van der Waals surface area (Å²) in [6, 6.07) is 5.91. The first kappa shape index (κ1) is 12.8. The van der Waals surface area contributed by atoms with Crippen molar-refractivity contribution in [1.82, 2.24) is 5.32 Å². The van der Waals surface area contributed by atoms with Gasteiger partial charge in [-0.25, -0.2) is 9.18 Å². The van der Waals surface area contributed by atoms with Gasteiger partial charge in [0.15, 0.2) is 0 Å². The van der Waals surface area contributed by atoms with E-state index in [4.69, 9.17) is 9.84 Å². The van der Waals surface area contributed by atoms with Gasteiger partial charge in [0.2, 0.25) is 0 Å². The highest BCUT2D eigenvalue weighted by atomic mass is 19.1. The molecule has 1 saturated heterocycles. The number of aliphatic hydroxyl groups is 1.